The highest BCUT2D eigenvalue weighted by atomic mass is 79.9. The number of non-ortho nitro benzene ring substituents is 1. The molecule has 1 saturated heterocycles. The van der Waals surface area contributed by atoms with Gasteiger partial charge in [0.05, 0.1) is 13.9 Å². The summed E-state index contributed by atoms with van der Waals surface area (Å²) in [4.78, 5) is 27.4. The third-order valence-electron chi connectivity index (χ3n) is 6.06. The lowest BCUT2D eigenvalue weighted by molar-refractivity contribution is -0.384. The summed E-state index contributed by atoms with van der Waals surface area (Å²) in [6, 6.07) is 10.2. The Hall–Kier alpha value is -2.30. The van der Waals surface area contributed by atoms with E-state index in [4.69, 9.17) is 17.0 Å². The van der Waals surface area contributed by atoms with Gasteiger partial charge in [0, 0.05) is 25.2 Å². The highest BCUT2D eigenvalue weighted by molar-refractivity contribution is 9.11. The average molecular weight is 609 g/mol. The molecule has 2 fully saturated rings. The summed E-state index contributed by atoms with van der Waals surface area (Å²) >= 11 is 12.7. The Labute approximate surface area is 220 Å². The quantitative estimate of drug-likeness (QED) is 0.163. The number of halogens is 2. The molecular formula is C24H23Br2N3O4S. The number of ether oxygens (including phenoxy) is 1. The first kappa shape index (κ1) is 24.8. The second kappa shape index (κ2) is 10.5. The summed E-state index contributed by atoms with van der Waals surface area (Å²) in [5.41, 5.74) is 2.06. The highest BCUT2D eigenvalue weighted by Gasteiger charge is 2.40. The lowest BCUT2D eigenvalue weighted by Crippen LogP contribution is -2.41. The van der Waals surface area contributed by atoms with E-state index in [1.807, 2.05) is 25.3 Å². The van der Waals surface area contributed by atoms with Gasteiger partial charge in [0.25, 0.3) is 11.6 Å². The Balaban J connectivity index is 1.53. The summed E-state index contributed by atoms with van der Waals surface area (Å²) in [5.74, 6) is 0.511. The summed E-state index contributed by atoms with van der Waals surface area (Å²) < 4.78 is 7.31. The molecule has 7 nitrogen and oxygen atoms in total. The zero-order valence-electron chi connectivity index (χ0n) is 18.5. The van der Waals surface area contributed by atoms with Gasteiger partial charge in [0.2, 0.25) is 0 Å². The number of rotatable bonds is 6. The van der Waals surface area contributed by atoms with Crippen LogP contribution in [0.1, 0.15) is 43.2 Å². The second-order valence-electron chi connectivity index (χ2n) is 8.37. The Morgan fingerprint density at radius 2 is 1.85 bits per heavy atom. The van der Waals surface area contributed by atoms with Gasteiger partial charge in [-0.3, -0.25) is 19.8 Å². The number of nitro groups is 1. The highest BCUT2D eigenvalue weighted by Crippen LogP contribution is 2.37. The van der Waals surface area contributed by atoms with Crippen molar-refractivity contribution in [1.82, 2.24) is 9.80 Å². The van der Waals surface area contributed by atoms with Crippen LogP contribution in [0.5, 0.6) is 5.75 Å². The van der Waals surface area contributed by atoms with E-state index >= 15 is 0 Å². The van der Waals surface area contributed by atoms with Gasteiger partial charge in [-0.2, -0.15) is 0 Å². The zero-order valence-corrected chi connectivity index (χ0v) is 22.5. The summed E-state index contributed by atoms with van der Waals surface area (Å²) in [6.07, 6.45) is 7.26. The topological polar surface area (TPSA) is 75.9 Å². The van der Waals surface area contributed by atoms with Crippen molar-refractivity contribution in [2.75, 3.05) is 7.05 Å². The van der Waals surface area contributed by atoms with E-state index < -0.39 is 4.92 Å². The molecule has 4 rings (SSSR count). The molecule has 2 aromatic rings. The normalized spacial score (nSPS) is 18.1. The monoisotopic (exact) mass is 607 g/mol. The fraction of sp³-hybridized carbons (Fsp3) is 0.333. The molecule has 0 unspecified atom stereocenters. The van der Waals surface area contributed by atoms with Gasteiger partial charge in [-0.25, -0.2) is 0 Å². The van der Waals surface area contributed by atoms with Gasteiger partial charge in [0.15, 0.2) is 5.11 Å². The van der Waals surface area contributed by atoms with Crippen molar-refractivity contribution in [1.29, 1.82) is 0 Å². The van der Waals surface area contributed by atoms with Gasteiger partial charge >= 0.3 is 0 Å². The van der Waals surface area contributed by atoms with Crippen LogP contribution in [0.2, 0.25) is 0 Å². The van der Waals surface area contributed by atoms with Crippen LogP contribution in [0.3, 0.4) is 0 Å². The molecule has 0 radical (unpaired) electrons. The molecule has 2 aromatic carbocycles. The number of benzene rings is 2. The summed E-state index contributed by atoms with van der Waals surface area (Å²) in [5, 5.41) is 11.6. The third kappa shape index (κ3) is 5.18. The van der Waals surface area contributed by atoms with Crippen molar-refractivity contribution in [3.05, 3.63) is 72.3 Å². The van der Waals surface area contributed by atoms with Crippen molar-refractivity contribution in [2.45, 2.75) is 44.8 Å². The molecular weight excluding hydrogens is 586 g/mol. The number of nitro benzene ring substituents is 1. The minimum Gasteiger partial charge on any atom is -0.487 e. The molecule has 1 saturated carbocycles. The van der Waals surface area contributed by atoms with E-state index in [1.54, 1.807) is 21.9 Å². The number of nitrogens with zero attached hydrogens (tertiary/aromatic N) is 3. The molecule has 0 N–H and O–H groups in total. The number of thiocarbonyl (C=S) groups is 1. The van der Waals surface area contributed by atoms with Crippen LogP contribution in [0.15, 0.2) is 51.0 Å². The van der Waals surface area contributed by atoms with Crippen LogP contribution in [0, 0.1) is 10.1 Å². The Morgan fingerprint density at radius 1 is 1.18 bits per heavy atom. The smallest absolute Gasteiger partial charge is 0.277 e. The van der Waals surface area contributed by atoms with Gasteiger partial charge in [-0.15, -0.1) is 0 Å². The Bertz CT molecular complexity index is 1160. The van der Waals surface area contributed by atoms with Crippen molar-refractivity contribution in [2.24, 2.45) is 0 Å². The predicted octanol–water partition coefficient (Wildman–Crippen LogP) is 6.43. The van der Waals surface area contributed by atoms with Gasteiger partial charge in [-0.05, 0) is 86.3 Å². The molecule has 10 heteroatoms. The molecule has 34 heavy (non-hydrogen) atoms. The predicted molar refractivity (Wildman–Crippen MR) is 141 cm³/mol. The maximum Gasteiger partial charge on any atom is 0.277 e. The molecule has 178 valence electrons. The lowest BCUT2D eigenvalue weighted by Gasteiger charge is -2.30. The summed E-state index contributed by atoms with van der Waals surface area (Å²) in [7, 11) is 1.83. The summed E-state index contributed by atoms with van der Waals surface area (Å²) in [6.45, 7) is 0.172. The van der Waals surface area contributed by atoms with Crippen molar-refractivity contribution in [3.63, 3.8) is 0 Å². The molecule has 1 heterocycles. The molecule has 0 atom stereocenters. The van der Waals surface area contributed by atoms with Crippen LogP contribution in [0.25, 0.3) is 6.08 Å². The van der Waals surface area contributed by atoms with Crippen LogP contribution in [0.4, 0.5) is 5.69 Å². The molecule has 0 aromatic heterocycles. The maximum absolute atomic E-state index is 13.2. The fourth-order valence-corrected chi connectivity index (χ4v) is 6.09. The van der Waals surface area contributed by atoms with Gasteiger partial charge in [-0.1, -0.05) is 31.4 Å². The lowest BCUT2D eigenvalue weighted by atomic mass is 9.94. The van der Waals surface area contributed by atoms with Gasteiger partial charge in [0.1, 0.15) is 18.1 Å². The van der Waals surface area contributed by atoms with Crippen molar-refractivity contribution >= 4 is 66.9 Å². The van der Waals surface area contributed by atoms with Gasteiger partial charge < -0.3 is 9.64 Å². The average Bonchev–Trinajstić information content (AvgIpc) is 3.02. The number of carbonyl (C=O) groups is 1. The molecule has 2 aliphatic rings. The Morgan fingerprint density at radius 3 is 2.50 bits per heavy atom. The number of hydrogen-bond donors (Lipinski definition) is 0. The number of amides is 1. The fourth-order valence-electron chi connectivity index (χ4n) is 4.31. The second-order valence-corrected chi connectivity index (χ2v) is 10.4. The van der Waals surface area contributed by atoms with E-state index in [-0.39, 0.29) is 24.2 Å². The first-order chi connectivity index (χ1) is 16.3. The first-order valence-corrected chi connectivity index (χ1v) is 12.9. The first-order valence-electron chi connectivity index (χ1n) is 10.9. The molecule has 1 aliphatic heterocycles. The van der Waals surface area contributed by atoms with E-state index in [0.717, 1.165) is 31.2 Å². The minimum absolute atomic E-state index is 0.0201. The van der Waals surface area contributed by atoms with Crippen molar-refractivity contribution in [3.8, 4) is 5.75 Å². The van der Waals surface area contributed by atoms with E-state index in [2.05, 4.69) is 31.9 Å². The van der Waals surface area contributed by atoms with E-state index in [1.165, 1.54) is 18.6 Å². The number of hydrogen-bond acceptors (Lipinski definition) is 5. The SMILES string of the molecule is CN1C(=S)N(C2CCCCC2)C(=O)/C1=C/c1cc(Br)c(OCc2cccc([N+](=O)[O-])c2)c(Br)c1. The largest absolute Gasteiger partial charge is 0.487 e. The third-order valence-corrected chi connectivity index (χ3v) is 7.71. The maximum atomic E-state index is 13.2. The zero-order chi connectivity index (χ0) is 24.4. The van der Waals surface area contributed by atoms with Crippen molar-refractivity contribution < 1.29 is 14.5 Å². The Kier molecular flexibility index (Phi) is 7.69. The molecule has 1 amide bonds. The van der Waals surface area contributed by atoms with E-state index in [0.29, 0.717) is 31.1 Å². The van der Waals surface area contributed by atoms with Crippen LogP contribution < -0.4 is 4.74 Å². The number of carbonyl (C=O) groups excluding carboxylic acids is 1. The number of likely N-dealkylation sites (N-methyl/N-ethyl adjacent to an activating group) is 1. The van der Waals surface area contributed by atoms with Crippen LogP contribution in [-0.4, -0.2) is 38.8 Å². The molecule has 0 spiro atoms. The van der Waals surface area contributed by atoms with E-state index in [9.17, 15) is 14.9 Å². The molecule has 1 aliphatic carbocycles. The van der Waals surface area contributed by atoms with Crippen LogP contribution in [-0.2, 0) is 11.4 Å². The van der Waals surface area contributed by atoms with Crippen LogP contribution >= 0.6 is 44.1 Å². The minimum atomic E-state index is -0.431. The molecule has 0 bridgehead atoms. The standard InChI is InChI=1S/C24H23Br2N3O4S/c1-27-21(23(30)28(24(27)34)17-7-3-2-4-8-17)13-16-11-19(25)22(20(26)12-16)33-14-15-6-5-9-18(10-15)29(31)32/h5-6,9-13,17H,2-4,7-8,14H2,1H3/b21-13-.